The first kappa shape index (κ1) is 17.8. The Labute approximate surface area is 144 Å². The largest absolute Gasteiger partial charge is 0.507 e. The number of phenols is 1. The second-order valence-electron chi connectivity index (χ2n) is 4.75. The number of aromatic hydroxyl groups is 1. The first-order valence-corrected chi connectivity index (χ1v) is 8.52. The zero-order chi connectivity index (χ0) is 17.4. The third-order valence-corrected chi connectivity index (χ3v) is 4.05. The van der Waals surface area contributed by atoms with Crippen LogP contribution in [0.15, 0.2) is 34.5 Å². The van der Waals surface area contributed by atoms with Gasteiger partial charge in [-0.25, -0.2) is 10.5 Å². The lowest BCUT2D eigenvalue weighted by Gasteiger charge is -2.17. The number of anilines is 1. The van der Waals surface area contributed by atoms with Gasteiger partial charge in [-0.05, 0) is 26.0 Å². The van der Waals surface area contributed by atoms with Gasteiger partial charge < -0.3 is 10.0 Å². The minimum absolute atomic E-state index is 0.0573. The van der Waals surface area contributed by atoms with Crippen molar-refractivity contribution in [3.63, 3.8) is 0 Å². The topological polar surface area (TPSA) is 106 Å². The number of nitrogens with zero attached hydrogens (tertiary/aromatic N) is 4. The fraction of sp³-hybridized carbons (Fsp3) is 0.333. The molecule has 0 unspecified atom stereocenters. The Bertz CT molecular complexity index is 699. The standard InChI is InChI=1S/C15H20N6O2S/c1-3-21(4-2)13(23)10-24-15-17-14(19-20-15)18-16-9-11-7-5-6-8-12(11)22/h5-9,22H,3-4,10H2,1-2H3,(H2,17,18,19,20)/b16-9+. The summed E-state index contributed by atoms with van der Waals surface area (Å²) in [6.07, 6.45) is 1.48. The van der Waals surface area contributed by atoms with Crippen molar-refractivity contribution in [3.05, 3.63) is 29.8 Å². The summed E-state index contributed by atoms with van der Waals surface area (Å²) in [5.41, 5.74) is 3.28. The number of aromatic nitrogens is 3. The molecule has 2 rings (SSSR count). The monoisotopic (exact) mass is 348 g/mol. The molecule has 0 saturated carbocycles. The number of rotatable bonds is 8. The summed E-state index contributed by atoms with van der Waals surface area (Å²) >= 11 is 1.26. The first-order valence-electron chi connectivity index (χ1n) is 7.54. The zero-order valence-electron chi connectivity index (χ0n) is 13.6. The number of aromatic amines is 1. The smallest absolute Gasteiger partial charge is 0.240 e. The van der Waals surface area contributed by atoms with Crippen LogP contribution >= 0.6 is 11.8 Å². The molecule has 0 radical (unpaired) electrons. The van der Waals surface area contributed by atoms with Crippen molar-refractivity contribution in [1.29, 1.82) is 0 Å². The Balaban J connectivity index is 1.85. The number of carbonyl (C=O) groups excluding carboxylic acids is 1. The average Bonchev–Trinajstić information content (AvgIpc) is 3.04. The molecule has 128 valence electrons. The predicted octanol–water partition coefficient (Wildman–Crippen LogP) is 1.92. The summed E-state index contributed by atoms with van der Waals surface area (Å²) in [4.78, 5) is 17.9. The number of hydrogen-bond acceptors (Lipinski definition) is 7. The quantitative estimate of drug-likeness (QED) is 0.382. The van der Waals surface area contributed by atoms with E-state index in [1.807, 2.05) is 13.8 Å². The van der Waals surface area contributed by atoms with Crippen LogP contribution in [-0.2, 0) is 4.79 Å². The molecule has 0 aliphatic carbocycles. The van der Waals surface area contributed by atoms with E-state index in [9.17, 15) is 9.90 Å². The Morgan fingerprint density at radius 1 is 1.42 bits per heavy atom. The van der Waals surface area contributed by atoms with Crippen LogP contribution in [0.3, 0.4) is 0 Å². The van der Waals surface area contributed by atoms with Crippen molar-refractivity contribution in [1.82, 2.24) is 20.1 Å². The molecule has 24 heavy (non-hydrogen) atoms. The van der Waals surface area contributed by atoms with Crippen molar-refractivity contribution in [3.8, 4) is 5.75 Å². The van der Waals surface area contributed by atoms with Gasteiger partial charge in [-0.15, -0.1) is 5.10 Å². The van der Waals surface area contributed by atoms with Gasteiger partial charge in [0.25, 0.3) is 0 Å². The number of carbonyl (C=O) groups is 1. The molecular formula is C15H20N6O2S. The average molecular weight is 348 g/mol. The molecule has 0 atom stereocenters. The highest BCUT2D eigenvalue weighted by Crippen LogP contribution is 2.15. The van der Waals surface area contributed by atoms with E-state index in [2.05, 4.69) is 25.7 Å². The Morgan fingerprint density at radius 3 is 2.88 bits per heavy atom. The summed E-state index contributed by atoms with van der Waals surface area (Å²) in [7, 11) is 0. The highest BCUT2D eigenvalue weighted by atomic mass is 32.2. The van der Waals surface area contributed by atoms with E-state index in [1.54, 1.807) is 29.2 Å². The lowest BCUT2D eigenvalue weighted by atomic mass is 10.2. The highest BCUT2D eigenvalue weighted by molar-refractivity contribution is 7.99. The summed E-state index contributed by atoms with van der Waals surface area (Å²) in [6, 6.07) is 6.86. The minimum Gasteiger partial charge on any atom is -0.507 e. The fourth-order valence-corrected chi connectivity index (χ4v) is 2.62. The molecular weight excluding hydrogens is 328 g/mol. The molecule has 1 heterocycles. The maximum absolute atomic E-state index is 11.9. The fourth-order valence-electron chi connectivity index (χ4n) is 1.91. The van der Waals surface area contributed by atoms with E-state index in [1.165, 1.54) is 18.0 Å². The minimum atomic E-state index is 0.0573. The number of thioether (sulfide) groups is 1. The number of amides is 1. The van der Waals surface area contributed by atoms with Gasteiger partial charge in [0, 0.05) is 18.7 Å². The Morgan fingerprint density at radius 2 is 2.17 bits per heavy atom. The highest BCUT2D eigenvalue weighted by Gasteiger charge is 2.12. The van der Waals surface area contributed by atoms with Gasteiger partial charge in [0.2, 0.25) is 17.0 Å². The second-order valence-corrected chi connectivity index (χ2v) is 5.69. The van der Waals surface area contributed by atoms with Gasteiger partial charge in [-0.1, -0.05) is 23.9 Å². The van der Waals surface area contributed by atoms with Crippen LogP contribution in [0, 0.1) is 0 Å². The Hall–Kier alpha value is -2.55. The second kappa shape index (κ2) is 8.92. The van der Waals surface area contributed by atoms with Gasteiger partial charge in [-0.3, -0.25) is 4.79 Å². The van der Waals surface area contributed by atoms with Gasteiger partial charge in [0.15, 0.2) is 0 Å². The molecule has 8 nitrogen and oxygen atoms in total. The summed E-state index contributed by atoms with van der Waals surface area (Å²) in [6.45, 7) is 5.28. The maximum Gasteiger partial charge on any atom is 0.240 e. The van der Waals surface area contributed by atoms with Crippen LogP contribution in [0.1, 0.15) is 19.4 Å². The normalized spacial score (nSPS) is 10.9. The van der Waals surface area contributed by atoms with Gasteiger partial charge >= 0.3 is 0 Å². The number of hydrazone groups is 1. The molecule has 0 fully saturated rings. The van der Waals surface area contributed by atoms with Crippen LogP contribution < -0.4 is 5.43 Å². The van der Waals surface area contributed by atoms with Crippen molar-refractivity contribution in [2.75, 3.05) is 24.3 Å². The zero-order valence-corrected chi connectivity index (χ0v) is 14.4. The number of benzene rings is 1. The van der Waals surface area contributed by atoms with E-state index in [4.69, 9.17) is 0 Å². The molecule has 0 spiro atoms. The lowest BCUT2D eigenvalue weighted by Crippen LogP contribution is -2.31. The molecule has 9 heteroatoms. The number of hydrogen-bond donors (Lipinski definition) is 3. The summed E-state index contributed by atoms with van der Waals surface area (Å²) in [5, 5.41) is 20.8. The van der Waals surface area contributed by atoms with Crippen LogP contribution in [0.5, 0.6) is 5.75 Å². The molecule has 0 bridgehead atoms. The maximum atomic E-state index is 11.9. The summed E-state index contributed by atoms with van der Waals surface area (Å²) in [5.74, 6) is 0.855. The van der Waals surface area contributed by atoms with Gasteiger partial charge in [-0.2, -0.15) is 10.1 Å². The van der Waals surface area contributed by atoms with Gasteiger partial charge in [0.1, 0.15) is 5.75 Å². The Kier molecular flexibility index (Phi) is 6.62. The van der Waals surface area contributed by atoms with Crippen LogP contribution in [0.2, 0.25) is 0 Å². The van der Waals surface area contributed by atoms with Crippen LogP contribution in [-0.4, -0.2) is 56.2 Å². The lowest BCUT2D eigenvalue weighted by molar-refractivity contribution is -0.127. The van der Waals surface area contributed by atoms with Gasteiger partial charge in [0.05, 0.1) is 12.0 Å². The molecule has 1 aromatic heterocycles. The van der Waals surface area contributed by atoms with E-state index in [0.29, 0.717) is 35.5 Å². The molecule has 1 amide bonds. The molecule has 3 N–H and O–H groups in total. The molecule has 0 saturated heterocycles. The van der Waals surface area contributed by atoms with E-state index in [0.717, 1.165) is 0 Å². The van der Waals surface area contributed by atoms with Crippen molar-refractivity contribution < 1.29 is 9.90 Å². The molecule has 1 aromatic carbocycles. The van der Waals surface area contributed by atoms with Crippen molar-refractivity contribution in [2.24, 2.45) is 5.10 Å². The molecule has 0 aliphatic heterocycles. The number of para-hydroxylation sites is 1. The first-order chi connectivity index (χ1) is 11.6. The van der Waals surface area contributed by atoms with E-state index in [-0.39, 0.29) is 11.7 Å². The molecule has 0 aliphatic rings. The van der Waals surface area contributed by atoms with E-state index < -0.39 is 0 Å². The molecule has 2 aromatic rings. The summed E-state index contributed by atoms with van der Waals surface area (Å²) < 4.78 is 0. The SMILES string of the molecule is CCN(CC)C(=O)CSc1n[nH]c(N/N=C/c2ccccc2O)n1. The van der Waals surface area contributed by atoms with Crippen molar-refractivity contribution >= 4 is 29.8 Å². The third kappa shape index (κ3) is 4.98. The number of phenolic OH excluding ortho intramolecular Hbond substituents is 1. The van der Waals surface area contributed by atoms with E-state index >= 15 is 0 Å². The van der Waals surface area contributed by atoms with Crippen molar-refractivity contribution in [2.45, 2.75) is 19.0 Å². The third-order valence-electron chi connectivity index (χ3n) is 3.22. The predicted molar refractivity (Wildman–Crippen MR) is 94.4 cm³/mol. The number of nitrogens with one attached hydrogen (secondary N) is 2. The van der Waals surface area contributed by atoms with Crippen LogP contribution in [0.25, 0.3) is 0 Å². The number of H-pyrrole nitrogens is 1. The van der Waals surface area contributed by atoms with Crippen LogP contribution in [0.4, 0.5) is 5.95 Å².